The van der Waals surface area contributed by atoms with E-state index in [0.717, 1.165) is 43.4 Å². The lowest BCUT2D eigenvalue weighted by molar-refractivity contribution is 0.0749. The summed E-state index contributed by atoms with van der Waals surface area (Å²) in [4.78, 5) is 2.19. The van der Waals surface area contributed by atoms with E-state index >= 15 is 0 Å². The molecular formula is C13H19ClN2O. The Morgan fingerprint density at radius 3 is 3.00 bits per heavy atom. The second kappa shape index (κ2) is 6.24. The van der Waals surface area contributed by atoms with Crippen LogP contribution in [0.1, 0.15) is 6.42 Å². The lowest BCUT2D eigenvalue weighted by atomic mass is 10.2. The topological polar surface area (TPSA) is 24.5 Å². The zero-order chi connectivity index (χ0) is 12.1. The molecular weight excluding hydrogens is 236 g/mol. The number of para-hydroxylation sites is 1. The molecule has 0 aromatic heterocycles. The van der Waals surface area contributed by atoms with Gasteiger partial charge in [-0.15, -0.1) is 0 Å². The Labute approximate surface area is 108 Å². The third-order valence-corrected chi connectivity index (χ3v) is 3.39. The number of anilines is 1. The van der Waals surface area contributed by atoms with Gasteiger partial charge in [0.05, 0.1) is 23.9 Å². The van der Waals surface area contributed by atoms with E-state index in [2.05, 4.69) is 17.3 Å². The van der Waals surface area contributed by atoms with Crippen molar-refractivity contribution in [2.24, 2.45) is 0 Å². The van der Waals surface area contributed by atoms with Crippen molar-refractivity contribution < 1.29 is 4.74 Å². The van der Waals surface area contributed by atoms with Gasteiger partial charge in [-0.2, -0.15) is 0 Å². The number of nitrogens with one attached hydrogen (secondary N) is 1. The van der Waals surface area contributed by atoms with Gasteiger partial charge in [0.2, 0.25) is 0 Å². The highest BCUT2D eigenvalue weighted by molar-refractivity contribution is 6.33. The van der Waals surface area contributed by atoms with Crippen LogP contribution in [0.4, 0.5) is 5.69 Å². The van der Waals surface area contributed by atoms with Gasteiger partial charge in [0.25, 0.3) is 0 Å². The van der Waals surface area contributed by atoms with E-state index in [1.807, 2.05) is 24.3 Å². The van der Waals surface area contributed by atoms with Gasteiger partial charge in [0.1, 0.15) is 0 Å². The minimum atomic E-state index is 0.466. The quantitative estimate of drug-likeness (QED) is 0.891. The van der Waals surface area contributed by atoms with Crippen molar-refractivity contribution in [1.29, 1.82) is 0 Å². The van der Waals surface area contributed by atoms with Crippen molar-refractivity contribution in [3.8, 4) is 0 Å². The fourth-order valence-corrected chi connectivity index (χ4v) is 2.32. The maximum Gasteiger partial charge on any atom is 0.0639 e. The van der Waals surface area contributed by atoms with Crippen LogP contribution in [-0.2, 0) is 4.74 Å². The van der Waals surface area contributed by atoms with E-state index in [4.69, 9.17) is 16.3 Å². The van der Waals surface area contributed by atoms with Gasteiger partial charge < -0.3 is 15.0 Å². The SMILES string of the molecule is CN(CCC1COCCN1)c1ccccc1Cl. The summed E-state index contributed by atoms with van der Waals surface area (Å²) in [7, 11) is 2.07. The normalized spacial score (nSPS) is 20.2. The van der Waals surface area contributed by atoms with Crippen LogP contribution in [0.5, 0.6) is 0 Å². The molecule has 1 N–H and O–H groups in total. The van der Waals surface area contributed by atoms with Crippen molar-refractivity contribution in [2.45, 2.75) is 12.5 Å². The molecule has 1 saturated heterocycles. The largest absolute Gasteiger partial charge is 0.379 e. The average molecular weight is 255 g/mol. The summed E-state index contributed by atoms with van der Waals surface area (Å²) in [6.45, 7) is 3.58. The standard InChI is InChI=1S/C13H19ClN2O/c1-16(13-5-3-2-4-12(13)14)8-6-11-10-17-9-7-15-11/h2-5,11,15H,6-10H2,1H3. The Morgan fingerprint density at radius 1 is 1.47 bits per heavy atom. The van der Waals surface area contributed by atoms with E-state index in [0.29, 0.717) is 6.04 Å². The monoisotopic (exact) mass is 254 g/mol. The lowest BCUT2D eigenvalue weighted by Crippen LogP contribution is -2.42. The summed E-state index contributed by atoms with van der Waals surface area (Å²) >= 11 is 6.16. The highest BCUT2D eigenvalue weighted by Crippen LogP contribution is 2.24. The molecule has 1 aromatic rings. The number of rotatable bonds is 4. The van der Waals surface area contributed by atoms with Crippen LogP contribution in [0.2, 0.25) is 5.02 Å². The van der Waals surface area contributed by atoms with Gasteiger partial charge in [-0.25, -0.2) is 0 Å². The van der Waals surface area contributed by atoms with Crippen LogP contribution in [-0.4, -0.2) is 39.4 Å². The Balaban J connectivity index is 1.84. The summed E-state index contributed by atoms with van der Waals surface area (Å²) < 4.78 is 5.44. The first kappa shape index (κ1) is 12.7. The summed E-state index contributed by atoms with van der Waals surface area (Å²) in [5.74, 6) is 0. The van der Waals surface area contributed by atoms with Crippen molar-refractivity contribution >= 4 is 17.3 Å². The van der Waals surface area contributed by atoms with Gasteiger partial charge in [0, 0.05) is 26.2 Å². The second-order valence-corrected chi connectivity index (χ2v) is 4.79. The highest BCUT2D eigenvalue weighted by Gasteiger charge is 2.14. The molecule has 1 aliphatic heterocycles. The molecule has 0 aliphatic carbocycles. The zero-order valence-corrected chi connectivity index (χ0v) is 10.9. The lowest BCUT2D eigenvalue weighted by Gasteiger charge is -2.27. The van der Waals surface area contributed by atoms with Crippen LogP contribution in [0.15, 0.2) is 24.3 Å². The number of hydrogen-bond donors (Lipinski definition) is 1. The predicted molar refractivity (Wildman–Crippen MR) is 71.9 cm³/mol. The molecule has 1 heterocycles. The second-order valence-electron chi connectivity index (χ2n) is 4.39. The van der Waals surface area contributed by atoms with Crippen LogP contribution >= 0.6 is 11.6 Å². The fourth-order valence-electron chi connectivity index (χ4n) is 2.04. The smallest absolute Gasteiger partial charge is 0.0639 e. The number of benzene rings is 1. The van der Waals surface area contributed by atoms with Gasteiger partial charge in [-0.1, -0.05) is 23.7 Å². The molecule has 0 saturated carbocycles. The molecule has 17 heavy (non-hydrogen) atoms. The highest BCUT2D eigenvalue weighted by atomic mass is 35.5. The minimum Gasteiger partial charge on any atom is -0.379 e. The Bertz CT molecular complexity index is 353. The van der Waals surface area contributed by atoms with Gasteiger partial charge in [0.15, 0.2) is 0 Å². The Hall–Kier alpha value is -0.770. The zero-order valence-electron chi connectivity index (χ0n) is 10.2. The maximum absolute atomic E-state index is 6.16. The third kappa shape index (κ3) is 3.60. The molecule has 1 aliphatic rings. The third-order valence-electron chi connectivity index (χ3n) is 3.08. The number of hydrogen-bond acceptors (Lipinski definition) is 3. The van der Waals surface area contributed by atoms with Gasteiger partial charge in [-0.05, 0) is 18.6 Å². The van der Waals surface area contributed by atoms with E-state index in [1.54, 1.807) is 0 Å². The number of nitrogens with zero attached hydrogens (tertiary/aromatic N) is 1. The Kier molecular flexibility index (Phi) is 4.66. The van der Waals surface area contributed by atoms with Crippen molar-refractivity contribution in [3.05, 3.63) is 29.3 Å². The van der Waals surface area contributed by atoms with E-state index in [9.17, 15) is 0 Å². The number of halogens is 1. The molecule has 2 rings (SSSR count). The van der Waals surface area contributed by atoms with Crippen LogP contribution in [0, 0.1) is 0 Å². The first-order valence-electron chi connectivity index (χ1n) is 6.04. The molecule has 1 aromatic carbocycles. The number of morpholine rings is 1. The van der Waals surface area contributed by atoms with Gasteiger partial charge >= 0.3 is 0 Å². The van der Waals surface area contributed by atoms with Crippen LogP contribution in [0.3, 0.4) is 0 Å². The van der Waals surface area contributed by atoms with Crippen LogP contribution in [0.25, 0.3) is 0 Å². The average Bonchev–Trinajstić information content (AvgIpc) is 2.38. The summed E-state index contributed by atoms with van der Waals surface area (Å²) in [6.07, 6.45) is 1.07. The summed E-state index contributed by atoms with van der Waals surface area (Å²) in [5.41, 5.74) is 1.09. The minimum absolute atomic E-state index is 0.466. The molecule has 94 valence electrons. The molecule has 1 atom stereocenters. The predicted octanol–water partition coefficient (Wildman–Crippen LogP) is 2.15. The molecule has 1 unspecified atom stereocenters. The molecule has 0 radical (unpaired) electrons. The molecule has 0 amide bonds. The molecule has 0 spiro atoms. The first-order chi connectivity index (χ1) is 8.27. The molecule has 1 fully saturated rings. The molecule has 3 nitrogen and oxygen atoms in total. The fraction of sp³-hybridized carbons (Fsp3) is 0.538. The van der Waals surface area contributed by atoms with Crippen LogP contribution < -0.4 is 10.2 Å². The number of ether oxygens (including phenoxy) is 1. The summed E-state index contributed by atoms with van der Waals surface area (Å²) in [6, 6.07) is 8.41. The van der Waals surface area contributed by atoms with E-state index < -0.39 is 0 Å². The summed E-state index contributed by atoms with van der Waals surface area (Å²) in [5, 5.41) is 4.26. The molecule has 4 heteroatoms. The van der Waals surface area contributed by atoms with Crippen molar-refractivity contribution in [1.82, 2.24) is 5.32 Å². The van der Waals surface area contributed by atoms with Crippen molar-refractivity contribution in [3.63, 3.8) is 0 Å². The van der Waals surface area contributed by atoms with E-state index in [1.165, 1.54) is 0 Å². The Morgan fingerprint density at radius 2 is 2.29 bits per heavy atom. The van der Waals surface area contributed by atoms with E-state index in [-0.39, 0.29) is 0 Å². The van der Waals surface area contributed by atoms with Crippen molar-refractivity contribution in [2.75, 3.05) is 38.3 Å². The molecule has 0 bridgehead atoms. The maximum atomic E-state index is 6.16. The first-order valence-corrected chi connectivity index (χ1v) is 6.42. The van der Waals surface area contributed by atoms with Gasteiger partial charge in [-0.3, -0.25) is 0 Å².